The number of nitrogens with zero attached hydrogens (tertiary/aromatic N) is 1. The van der Waals surface area contributed by atoms with Gasteiger partial charge in [-0.05, 0) is 24.6 Å². The van der Waals surface area contributed by atoms with E-state index in [1.54, 1.807) is 12.1 Å². The topological polar surface area (TPSA) is 107 Å². The van der Waals surface area contributed by atoms with Gasteiger partial charge >= 0.3 is 5.97 Å². The molecule has 0 saturated carbocycles. The molecule has 9 heteroatoms. The van der Waals surface area contributed by atoms with E-state index in [1.807, 2.05) is 13.0 Å². The molecular formula is C16H17N3O5S. The number of carbonyl (C=O) groups is 3. The van der Waals surface area contributed by atoms with Gasteiger partial charge in [-0.3, -0.25) is 9.59 Å². The monoisotopic (exact) mass is 363 g/mol. The Hall–Kier alpha value is -2.94. The normalized spacial score (nSPS) is 10.0. The number of methoxy groups -OCH3 is 1. The molecule has 0 bridgehead atoms. The van der Waals surface area contributed by atoms with Crippen molar-refractivity contribution in [1.82, 2.24) is 4.98 Å². The second-order valence-corrected chi connectivity index (χ2v) is 5.91. The van der Waals surface area contributed by atoms with Gasteiger partial charge in [0.1, 0.15) is 5.75 Å². The van der Waals surface area contributed by atoms with Crippen molar-refractivity contribution < 1.29 is 23.9 Å². The van der Waals surface area contributed by atoms with E-state index in [4.69, 9.17) is 9.47 Å². The van der Waals surface area contributed by atoms with E-state index in [2.05, 4.69) is 15.6 Å². The molecule has 0 unspecified atom stereocenters. The number of thiazole rings is 1. The number of nitrogens with one attached hydrogen (secondary N) is 2. The molecule has 2 rings (SSSR count). The molecule has 0 radical (unpaired) electrons. The third-order valence-electron chi connectivity index (χ3n) is 2.96. The van der Waals surface area contributed by atoms with Crippen molar-refractivity contribution in [3.8, 4) is 5.75 Å². The van der Waals surface area contributed by atoms with Crippen molar-refractivity contribution in [1.29, 1.82) is 0 Å². The molecule has 0 aliphatic heterocycles. The van der Waals surface area contributed by atoms with Crippen LogP contribution in [0.1, 0.15) is 23.0 Å². The fourth-order valence-electron chi connectivity index (χ4n) is 1.89. The second kappa shape index (κ2) is 8.25. The van der Waals surface area contributed by atoms with Crippen LogP contribution in [-0.4, -0.2) is 36.5 Å². The van der Waals surface area contributed by atoms with Gasteiger partial charge in [0, 0.05) is 12.3 Å². The molecule has 0 saturated heterocycles. The van der Waals surface area contributed by atoms with Crippen LogP contribution >= 0.6 is 11.3 Å². The second-order valence-electron chi connectivity index (χ2n) is 5.05. The molecular weight excluding hydrogens is 346 g/mol. The largest absolute Gasteiger partial charge is 0.495 e. The Kier molecular flexibility index (Phi) is 6.07. The number of carbonyl (C=O) groups excluding carboxylic acids is 3. The van der Waals surface area contributed by atoms with Gasteiger partial charge in [0.25, 0.3) is 5.91 Å². The van der Waals surface area contributed by atoms with Gasteiger partial charge in [-0.1, -0.05) is 6.07 Å². The van der Waals surface area contributed by atoms with Gasteiger partial charge in [-0.2, -0.15) is 0 Å². The Morgan fingerprint density at radius 2 is 2.00 bits per heavy atom. The molecule has 2 N–H and O–H groups in total. The predicted octanol–water partition coefficient (Wildman–Crippen LogP) is 2.21. The third-order valence-corrected chi connectivity index (χ3v) is 3.72. The highest BCUT2D eigenvalue weighted by molar-refractivity contribution is 7.14. The zero-order valence-electron chi connectivity index (χ0n) is 13.9. The highest BCUT2D eigenvalue weighted by Gasteiger charge is 2.15. The summed E-state index contributed by atoms with van der Waals surface area (Å²) in [6, 6.07) is 5.33. The van der Waals surface area contributed by atoms with E-state index in [9.17, 15) is 14.4 Å². The molecule has 1 aromatic heterocycles. The minimum atomic E-state index is -0.751. The summed E-state index contributed by atoms with van der Waals surface area (Å²) < 4.78 is 10.1. The zero-order valence-corrected chi connectivity index (χ0v) is 14.7. The number of benzene rings is 1. The van der Waals surface area contributed by atoms with Crippen molar-refractivity contribution in [2.75, 3.05) is 24.4 Å². The van der Waals surface area contributed by atoms with Gasteiger partial charge in [0.15, 0.2) is 17.4 Å². The molecule has 0 atom stereocenters. The Bertz CT molecular complexity index is 803. The van der Waals surface area contributed by atoms with Crippen LogP contribution in [0.3, 0.4) is 0 Å². The Labute approximate surface area is 148 Å². The van der Waals surface area contributed by atoms with Gasteiger partial charge in [0.2, 0.25) is 5.91 Å². The number of rotatable bonds is 6. The number of amides is 2. The first-order valence-electron chi connectivity index (χ1n) is 7.23. The Morgan fingerprint density at radius 1 is 1.24 bits per heavy atom. The summed E-state index contributed by atoms with van der Waals surface area (Å²) in [6.45, 7) is 2.75. The van der Waals surface area contributed by atoms with Crippen LogP contribution in [-0.2, 0) is 14.3 Å². The standard InChI is InChI=1S/C16H17N3O5S/c1-9-4-5-13(23-3)11(6-9)18-14(21)7-24-15(22)12-8-25-16(19-12)17-10(2)20/h4-6,8H,7H2,1-3H3,(H,18,21)(H,17,19,20). The Balaban J connectivity index is 1.91. The summed E-state index contributed by atoms with van der Waals surface area (Å²) in [6.07, 6.45) is 0. The number of ether oxygens (including phenoxy) is 2. The highest BCUT2D eigenvalue weighted by Crippen LogP contribution is 2.25. The number of aryl methyl sites for hydroxylation is 1. The van der Waals surface area contributed by atoms with Crippen LogP contribution < -0.4 is 15.4 Å². The SMILES string of the molecule is COc1ccc(C)cc1NC(=O)COC(=O)c1csc(NC(C)=O)n1. The van der Waals surface area contributed by atoms with Crippen LogP contribution in [0.15, 0.2) is 23.6 Å². The summed E-state index contributed by atoms with van der Waals surface area (Å²) in [5.74, 6) is -1.04. The number of esters is 1. The van der Waals surface area contributed by atoms with Gasteiger partial charge < -0.3 is 20.1 Å². The summed E-state index contributed by atoms with van der Waals surface area (Å²) in [4.78, 5) is 38.7. The maximum atomic E-state index is 12.0. The first kappa shape index (κ1) is 18.4. The van der Waals surface area contributed by atoms with E-state index in [1.165, 1.54) is 19.4 Å². The molecule has 0 spiro atoms. The van der Waals surface area contributed by atoms with E-state index in [0.717, 1.165) is 16.9 Å². The van der Waals surface area contributed by atoms with E-state index in [-0.39, 0.29) is 16.7 Å². The fraction of sp³-hybridized carbons (Fsp3) is 0.250. The first-order valence-corrected chi connectivity index (χ1v) is 8.11. The minimum absolute atomic E-state index is 0.0229. The summed E-state index contributed by atoms with van der Waals surface area (Å²) in [5, 5.41) is 6.81. The average Bonchev–Trinajstić information content (AvgIpc) is 3.00. The molecule has 1 aromatic carbocycles. The van der Waals surface area contributed by atoms with E-state index >= 15 is 0 Å². The van der Waals surface area contributed by atoms with Crippen LogP contribution in [0.2, 0.25) is 0 Å². The van der Waals surface area contributed by atoms with Crippen LogP contribution in [0, 0.1) is 6.92 Å². The average molecular weight is 363 g/mol. The van der Waals surface area contributed by atoms with E-state index in [0.29, 0.717) is 11.4 Å². The quantitative estimate of drug-likeness (QED) is 0.762. The maximum Gasteiger partial charge on any atom is 0.358 e. The lowest BCUT2D eigenvalue weighted by Gasteiger charge is -2.11. The van der Waals surface area contributed by atoms with Crippen LogP contribution in [0.5, 0.6) is 5.75 Å². The number of aromatic nitrogens is 1. The van der Waals surface area contributed by atoms with Crippen molar-refractivity contribution in [2.24, 2.45) is 0 Å². The summed E-state index contributed by atoms with van der Waals surface area (Å²) >= 11 is 1.09. The fourth-order valence-corrected chi connectivity index (χ4v) is 2.61. The summed E-state index contributed by atoms with van der Waals surface area (Å²) in [5.41, 5.74) is 1.46. The highest BCUT2D eigenvalue weighted by atomic mass is 32.1. The van der Waals surface area contributed by atoms with Crippen molar-refractivity contribution >= 4 is 39.9 Å². The molecule has 8 nitrogen and oxygen atoms in total. The molecule has 2 amide bonds. The molecule has 1 heterocycles. The summed E-state index contributed by atoms with van der Waals surface area (Å²) in [7, 11) is 1.50. The zero-order chi connectivity index (χ0) is 18.4. The number of hydrogen-bond acceptors (Lipinski definition) is 7. The Morgan fingerprint density at radius 3 is 2.68 bits per heavy atom. The van der Waals surface area contributed by atoms with Crippen LogP contribution in [0.4, 0.5) is 10.8 Å². The van der Waals surface area contributed by atoms with Crippen LogP contribution in [0.25, 0.3) is 0 Å². The molecule has 0 aliphatic carbocycles. The van der Waals surface area contributed by atoms with Gasteiger partial charge in [-0.25, -0.2) is 9.78 Å². The third kappa shape index (κ3) is 5.28. The molecule has 25 heavy (non-hydrogen) atoms. The van der Waals surface area contributed by atoms with Crippen molar-refractivity contribution in [3.05, 3.63) is 34.8 Å². The molecule has 2 aromatic rings. The molecule has 0 aliphatic rings. The first-order chi connectivity index (χ1) is 11.9. The van der Waals surface area contributed by atoms with Crippen molar-refractivity contribution in [3.63, 3.8) is 0 Å². The minimum Gasteiger partial charge on any atom is -0.495 e. The van der Waals surface area contributed by atoms with Gasteiger partial charge in [-0.15, -0.1) is 11.3 Å². The lowest BCUT2D eigenvalue weighted by molar-refractivity contribution is -0.119. The maximum absolute atomic E-state index is 12.0. The number of hydrogen-bond donors (Lipinski definition) is 2. The molecule has 132 valence electrons. The van der Waals surface area contributed by atoms with E-state index < -0.39 is 18.5 Å². The lowest BCUT2D eigenvalue weighted by Crippen LogP contribution is -2.21. The number of anilines is 2. The predicted molar refractivity (Wildman–Crippen MR) is 93.1 cm³/mol. The lowest BCUT2D eigenvalue weighted by atomic mass is 10.2. The van der Waals surface area contributed by atoms with Crippen molar-refractivity contribution in [2.45, 2.75) is 13.8 Å². The molecule has 0 fully saturated rings. The van der Waals surface area contributed by atoms with Gasteiger partial charge in [0.05, 0.1) is 12.8 Å². The smallest absolute Gasteiger partial charge is 0.358 e.